The van der Waals surface area contributed by atoms with E-state index >= 15 is 0 Å². The molecule has 106 valence electrons. The summed E-state index contributed by atoms with van der Waals surface area (Å²) in [5.74, 6) is 0. The van der Waals surface area contributed by atoms with E-state index in [4.69, 9.17) is 5.73 Å². The fraction of sp³-hybridized carbons (Fsp3) is 0.500. The molecule has 1 unspecified atom stereocenters. The van der Waals surface area contributed by atoms with Gasteiger partial charge in [-0.3, -0.25) is 0 Å². The molecule has 19 heavy (non-hydrogen) atoms. The zero-order valence-electron chi connectivity index (χ0n) is 12.6. The normalized spacial score (nSPS) is 17.4. The molecule has 0 radical (unpaired) electrons. The van der Waals surface area contributed by atoms with Crippen molar-refractivity contribution >= 4 is 10.9 Å². The number of hydrogen-bond donors (Lipinski definition) is 3. The Morgan fingerprint density at radius 2 is 1.84 bits per heavy atom. The maximum absolute atomic E-state index is 5.47. The largest absolute Gasteiger partial charge is 0.358 e. The van der Waals surface area contributed by atoms with Gasteiger partial charge in [0.05, 0.1) is 0 Å². The summed E-state index contributed by atoms with van der Waals surface area (Å²) in [6.07, 6.45) is 1.15. The van der Waals surface area contributed by atoms with Crippen LogP contribution in [0.4, 0.5) is 0 Å². The van der Waals surface area contributed by atoms with Crippen LogP contribution in [0, 0.1) is 13.8 Å². The van der Waals surface area contributed by atoms with Gasteiger partial charge in [-0.25, -0.2) is 0 Å². The molecule has 1 aromatic carbocycles. The third kappa shape index (κ3) is 4.37. The van der Waals surface area contributed by atoms with E-state index in [0.29, 0.717) is 6.04 Å². The number of rotatable bonds is 0. The van der Waals surface area contributed by atoms with E-state index in [0.717, 1.165) is 19.5 Å². The highest BCUT2D eigenvalue weighted by molar-refractivity contribution is 5.84. The number of para-hydroxylation sites is 1. The molecule has 4 N–H and O–H groups in total. The quantitative estimate of drug-likeness (QED) is 0.682. The Labute approximate surface area is 116 Å². The third-order valence-electron chi connectivity index (χ3n) is 3.31. The Morgan fingerprint density at radius 3 is 2.32 bits per heavy atom. The smallest absolute Gasteiger partial charge is 0.0458 e. The fourth-order valence-corrected chi connectivity index (χ4v) is 2.09. The number of aromatic nitrogens is 1. The third-order valence-corrected chi connectivity index (χ3v) is 3.31. The molecule has 0 spiro atoms. The van der Waals surface area contributed by atoms with E-state index in [2.05, 4.69) is 48.4 Å². The van der Waals surface area contributed by atoms with Gasteiger partial charge in [-0.05, 0) is 38.4 Å². The highest BCUT2D eigenvalue weighted by atomic mass is 14.9. The lowest BCUT2D eigenvalue weighted by Crippen LogP contribution is -2.21. The number of hydrogen-bond acceptors (Lipinski definition) is 2. The summed E-state index contributed by atoms with van der Waals surface area (Å²) in [6.45, 7) is 10.4. The minimum atomic E-state index is 0.435. The van der Waals surface area contributed by atoms with E-state index in [1.807, 2.05) is 13.8 Å². The minimum Gasteiger partial charge on any atom is -0.358 e. The Bertz CT molecular complexity index is 482. The van der Waals surface area contributed by atoms with E-state index < -0.39 is 0 Å². The van der Waals surface area contributed by atoms with Crippen molar-refractivity contribution in [2.45, 2.75) is 40.2 Å². The fourth-order valence-electron chi connectivity index (χ4n) is 2.09. The lowest BCUT2D eigenvalue weighted by atomic mass is 10.2. The molecular weight excluding hydrogens is 234 g/mol. The molecular formula is C16H27N3. The number of aryl methyl sites for hydroxylation is 2. The van der Waals surface area contributed by atoms with E-state index in [9.17, 15) is 0 Å². The molecule has 0 aliphatic carbocycles. The van der Waals surface area contributed by atoms with E-state index in [-0.39, 0.29) is 0 Å². The topological polar surface area (TPSA) is 53.8 Å². The minimum absolute atomic E-state index is 0.435. The molecule has 2 heterocycles. The van der Waals surface area contributed by atoms with Crippen molar-refractivity contribution in [1.82, 2.24) is 10.3 Å². The van der Waals surface area contributed by atoms with Gasteiger partial charge in [0.25, 0.3) is 0 Å². The van der Waals surface area contributed by atoms with Crippen LogP contribution in [0.15, 0.2) is 24.3 Å². The molecule has 3 heteroatoms. The Hall–Kier alpha value is -1.32. The van der Waals surface area contributed by atoms with Crippen LogP contribution in [0.3, 0.4) is 0 Å². The van der Waals surface area contributed by atoms with Crippen LogP contribution in [0.1, 0.15) is 31.5 Å². The summed E-state index contributed by atoms with van der Waals surface area (Å²) in [4.78, 5) is 3.33. The van der Waals surface area contributed by atoms with Gasteiger partial charge in [0.2, 0.25) is 0 Å². The highest BCUT2D eigenvalue weighted by Gasteiger charge is 2.06. The maximum Gasteiger partial charge on any atom is 0.0458 e. The molecule has 0 bridgehead atoms. The van der Waals surface area contributed by atoms with Crippen molar-refractivity contribution in [2.24, 2.45) is 5.73 Å². The second kappa shape index (κ2) is 7.97. The van der Waals surface area contributed by atoms with Crippen LogP contribution in [0.5, 0.6) is 0 Å². The number of nitrogens with two attached hydrogens (primary N) is 1. The Kier molecular flexibility index (Phi) is 6.60. The molecule has 2 aromatic rings. The first-order valence-corrected chi connectivity index (χ1v) is 7.18. The summed E-state index contributed by atoms with van der Waals surface area (Å²) in [5.41, 5.74) is 9.34. The van der Waals surface area contributed by atoms with Gasteiger partial charge in [-0.1, -0.05) is 32.0 Å². The summed E-state index contributed by atoms with van der Waals surface area (Å²) in [7, 11) is 0. The van der Waals surface area contributed by atoms with Crippen molar-refractivity contribution in [3.63, 3.8) is 0 Å². The average Bonchev–Trinajstić information content (AvgIpc) is 3.02. The van der Waals surface area contributed by atoms with Crippen molar-refractivity contribution in [1.29, 1.82) is 0 Å². The average molecular weight is 261 g/mol. The van der Waals surface area contributed by atoms with Crippen LogP contribution in [0.2, 0.25) is 0 Å². The number of aromatic amines is 1. The van der Waals surface area contributed by atoms with Gasteiger partial charge >= 0.3 is 0 Å². The molecule has 1 aliphatic rings. The van der Waals surface area contributed by atoms with Gasteiger partial charge < -0.3 is 16.0 Å². The van der Waals surface area contributed by atoms with Crippen LogP contribution in [-0.2, 0) is 0 Å². The van der Waals surface area contributed by atoms with Crippen LogP contribution >= 0.6 is 0 Å². The second-order valence-electron chi connectivity index (χ2n) is 4.67. The second-order valence-corrected chi connectivity index (χ2v) is 4.67. The summed E-state index contributed by atoms with van der Waals surface area (Å²) >= 11 is 0. The van der Waals surface area contributed by atoms with Crippen molar-refractivity contribution in [3.05, 3.63) is 35.5 Å². The van der Waals surface area contributed by atoms with Crippen LogP contribution in [-0.4, -0.2) is 24.1 Å². The lowest BCUT2D eigenvalue weighted by molar-refractivity contribution is 0.742. The molecule has 1 fully saturated rings. The van der Waals surface area contributed by atoms with Crippen LogP contribution < -0.4 is 11.1 Å². The number of nitrogens with one attached hydrogen (secondary N) is 2. The van der Waals surface area contributed by atoms with Gasteiger partial charge in [0, 0.05) is 29.2 Å². The monoisotopic (exact) mass is 261 g/mol. The molecule has 1 aromatic heterocycles. The van der Waals surface area contributed by atoms with Crippen molar-refractivity contribution < 1.29 is 0 Å². The number of benzene rings is 1. The molecule has 1 aliphatic heterocycles. The molecule has 3 nitrogen and oxygen atoms in total. The summed E-state index contributed by atoms with van der Waals surface area (Å²) < 4.78 is 0. The summed E-state index contributed by atoms with van der Waals surface area (Å²) in [5, 5.41) is 4.48. The number of fused-ring (bicyclic) bond motifs is 1. The standard InChI is InChI=1S/C10H11N.C4H10N2.C2H6/c1-7-8(2)11-10-6-4-3-5-9(7)10;5-4-1-2-6-3-4;1-2/h3-6,11H,1-2H3;4,6H,1-3,5H2;1-2H3. The molecule has 1 saturated heterocycles. The molecule has 0 saturated carbocycles. The number of H-pyrrole nitrogens is 1. The Balaban J connectivity index is 0.000000192. The first kappa shape index (κ1) is 15.7. The zero-order valence-corrected chi connectivity index (χ0v) is 12.6. The predicted octanol–water partition coefficient (Wildman–Crippen LogP) is 3.12. The van der Waals surface area contributed by atoms with Gasteiger partial charge in [-0.15, -0.1) is 0 Å². The maximum atomic E-state index is 5.47. The molecule has 3 rings (SSSR count). The zero-order chi connectivity index (χ0) is 14.3. The van der Waals surface area contributed by atoms with Crippen molar-refractivity contribution in [3.8, 4) is 0 Å². The molecule has 0 amide bonds. The van der Waals surface area contributed by atoms with Gasteiger partial charge in [0.1, 0.15) is 0 Å². The SMILES string of the molecule is CC.Cc1[nH]c2ccccc2c1C.NC1CCNC1. The lowest BCUT2D eigenvalue weighted by Gasteiger charge is -1.91. The highest BCUT2D eigenvalue weighted by Crippen LogP contribution is 2.19. The van der Waals surface area contributed by atoms with E-state index in [1.54, 1.807) is 0 Å². The summed E-state index contributed by atoms with van der Waals surface area (Å²) in [6, 6.07) is 8.81. The predicted molar refractivity (Wildman–Crippen MR) is 84.6 cm³/mol. The van der Waals surface area contributed by atoms with Gasteiger partial charge in [-0.2, -0.15) is 0 Å². The van der Waals surface area contributed by atoms with Crippen LogP contribution in [0.25, 0.3) is 10.9 Å². The first-order chi connectivity index (χ1) is 9.18. The Morgan fingerprint density at radius 1 is 1.16 bits per heavy atom. The van der Waals surface area contributed by atoms with Gasteiger partial charge in [0.15, 0.2) is 0 Å². The van der Waals surface area contributed by atoms with E-state index in [1.165, 1.54) is 22.2 Å². The molecule has 1 atom stereocenters. The van der Waals surface area contributed by atoms with Crippen molar-refractivity contribution in [2.75, 3.05) is 13.1 Å². The first-order valence-electron chi connectivity index (χ1n) is 7.18.